The molecular formula is C22H26N2O6S. The predicted molar refractivity (Wildman–Crippen MR) is 118 cm³/mol. The molecule has 0 atom stereocenters. The minimum Gasteiger partial charge on any atom is -0.495 e. The molecule has 0 aliphatic heterocycles. The molecule has 0 unspecified atom stereocenters. The van der Waals surface area contributed by atoms with Crippen molar-refractivity contribution < 1.29 is 28.7 Å². The van der Waals surface area contributed by atoms with Crippen molar-refractivity contribution >= 4 is 40.6 Å². The molecule has 166 valence electrons. The van der Waals surface area contributed by atoms with E-state index >= 15 is 0 Å². The number of nitrogens with one attached hydrogen (secondary N) is 2. The molecule has 0 bridgehead atoms. The Bertz CT molecular complexity index is 982. The number of Topliss-reactive ketones (excluding diaryl/α,β-unsaturated/α-hetero) is 1. The highest BCUT2D eigenvalue weighted by molar-refractivity contribution is 7.12. The number of benzene rings is 1. The van der Waals surface area contributed by atoms with Crippen LogP contribution in [0.1, 0.15) is 38.5 Å². The van der Waals surface area contributed by atoms with Crippen LogP contribution in [-0.2, 0) is 19.1 Å². The molecule has 0 saturated heterocycles. The Labute approximate surface area is 184 Å². The second kappa shape index (κ2) is 11.3. The van der Waals surface area contributed by atoms with Crippen molar-refractivity contribution in [2.45, 2.75) is 33.6 Å². The number of hydrogen-bond acceptors (Lipinski definition) is 7. The molecule has 8 nitrogen and oxygen atoms in total. The van der Waals surface area contributed by atoms with E-state index in [4.69, 9.17) is 9.47 Å². The van der Waals surface area contributed by atoms with E-state index in [0.717, 1.165) is 15.3 Å². The fraction of sp³-hybridized carbons (Fsp3) is 0.364. The third kappa shape index (κ3) is 7.53. The quantitative estimate of drug-likeness (QED) is 0.429. The van der Waals surface area contributed by atoms with Crippen LogP contribution in [0.25, 0.3) is 0 Å². The number of methoxy groups -OCH3 is 1. The summed E-state index contributed by atoms with van der Waals surface area (Å²) in [6, 6.07) is 7.13. The molecule has 1 heterocycles. The minimum absolute atomic E-state index is 0.0121. The van der Waals surface area contributed by atoms with Gasteiger partial charge in [0.1, 0.15) is 5.75 Å². The van der Waals surface area contributed by atoms with Gasteiger partial charge in [-0.3, -0.25) is 19.2 Å². The second-order valence-electron chi connectivity index (χ2n) is 6.94. The summed E-state index contributed by atoms with van der Waals surface area (Å²) in [6.07, 6.45) is -0.105. The number of amides is 2. The van der Waals surface area contributed by atoms with Crippen LogP contribution in [0.2, 0.25) is 0 Å². The summed E-state index contributed by atoms with van der Waals surface area (Å²) >= 11 is 1.53. The summed E-state index contributed by atoms with van der Waals surface area (Å²) in [4.78, 5) is 49.8. The van der Waals surface area contributed by atoms with Gasteiger partial charge in [-0.2, -0.15) is 0 Å². The number of ether oxygens (including phenoxy) is 2. The first-order valence-corrected chi connectivity index (χ1v) is 10.5. The molecule has 2 aromatic rings. The smallest absolute Gasteiger partial charge is 0.306 e. The molecular weight excluding hydrogens is 420 g/mol. The zero-order chi connectivity index (χ0) is 23.0. The Kier molecular flexibility index (Phi) is 8.75. The molecule has 0 spiro atoms. The maximum absolute atomic E-state index is 12.2. The van der Waals surface area contributed by atoms with Gasteiger partial charge in [-0.25, -0.2) is 0 Å². The molecule has 0 aliphatic rings. The van der Waals surface area contributed by atoms with Crippen LogP contribution < -0.4 is 15.4 Å². The second-order valence-corrected chi connectivity index (χ2v) is 8.40. The highest BCUT2D eigenvalue weighted by Crippen LogP contribution is 2.25. The van der Waals surface area contributed by atoms with Gasteiger partial charge in [0.05, 0.1) is 25.8 Å². The van der Waals surface area contributed by atoms with Gasteiger partial charge in [-0.05, 0) is 44.5 Å². The molecule has 0 fully saturated rings. The van der Waals surface area contributed by atoms with Crippen LogP contribution >= 0.6 is 11.3 Å². The normalized spacial score (nSPS) is 10.3. The first-order valence-electron chi connectivity index (χ1n) is 9.66. The molecule has 2 rings (SSSR count). The zero-order valence-electron chi connectivity index (χ0n) is 18.0. The molecule has 31 heavy (non-hydrogen) atoms. The van der Waals surface area contributed by atoms with Crippen molar-refractivity contribution in [2.75, 3.05) is 25.6 Å². The summed E-state index contributed by atoms with van der Waals surface area (Å²) in [7, 11) is 1.49. The predicted octanol–water partition coefficient (Wildman–Crippen LogP) is 2.94. The highest BCUT2D eigenvalue weighted by atomic mass is 32.1. The van der Waals surface area contributed by atoms with E-state index in [1.165, 1.54) is 18.4 Å². The van der Waals surface area contributed by atoms with Crippen LogP contribution in [0.4, 0.5) is 5.69 Å². The molecule has 0 saturated carbocycles. The SMILES string of the molecule is COc1ccc(C)cc1NC(=O)CNC(=O)COC(=O)CCC(=O)c1cc(C)sc1C. The largest absolute Gasteiger partial charge is 0.495 e. The van der Waals surface area contributed by atoms with E-state index < -0.39 is 24.4 Å². The zero-order valence-corrected chi connectivity index (χ0v) is 18.8. The number of anilines is 1. The van der Waals surface area contributed by atoms with Crippen LogP contribution in [0.5, 0.6) is 5.75 Å². The maximum Gasteiger partial charge on any atom is 0.306 e. The number of esters is 1. The van der Waals surface area contributed by atoms with E-state index in [1.54, 1.807) is 18.2 Å². The topological polar surface area (TPSA) is 111 Å². The van der Waals surface area contributed by atoms with Crippen molar-refractivity contribution in [3.05, 3.63) is 45.1 Å². The van der Waals surface area contributed by atoms with Crippen molar-refractivity contribution in [2.24, 2.45) is 0 Å². The van der Waals surface area contributed by atoms with E-state index in [0.29, 0.717) is 17.0 Å². The third-order valence-corrected chi connectivity index (χ3v) is 5.30. The van der Waals surface area contributed by atoms with Crippen LogP contribution in [0.15, 0.2) is 24.3 Å². The molecule has 9 heteroatoms. The molecule has 1 aromatic carbocycles. The van der Waals surface area contributed by atoms with E-state index in [2.05, 4.69) is 10.6 Å². The number of carbonyl (C=O) groups excluding carboxylic acids is 4. The number of hydrogen-bond donors (Lipinski definition) is 2. The minimum atomic E-state index is -0.651. The van der Waals surface area contributed by atoms with Crippen molar-refractivity contribution in [3.8, 4) is 5.75 Å². The van der Waals surface area contributed by atoms with Gasteiger partial charge in [0.2, 0.25) is 5.91 Å². The lowest BCUT2D eigenvalue weighted by molar-refractivity contribution is -0.148. The fourth-order valence-electron chi connectivity index (χ4n) is 2.82. The number of carbonyl (C=O) groups is 4. The Morgan fingerprint density at radius 1 is 1.00 bits per heavy atom. The highest BCUT2D eigenvalue weighted by Gasteiger charge is 2.15. The fourth-order valence-corrected chi connectivity index (χ4v) is 3.76. The van der Waals surface area contributed by atoms with Crippen LogP contribution in [0, 0.1) is 20.8 Å². The van der Waals surface area contributed by atoms with Crippen molar-refractivity contribution in [3.63, 3.8) is 0 Å². The molecule has 0 aliphatic carbocycles. The Balaban J connectivity index is 1.70. The third-order valence-electron chi connectivity index (χ3n) is 4.34. The van der Waals surface area contributed by atoms with Gasteiger partial charge >= 0.3 is 5.97 Å². The lowest BCUT2D eigenvalue weighted by Crippen LogP contribution is -2.35. The van der Waals surface area contributed by atoms with Gasteiger partial charge in [0.25, 0.3) is 5.91 Å². The van der Waals surface area contributed by atoms with Crippen LogP contribution in [0.3, 0.4) is 0 Å². The summed E-state index contributed by atoms with van der Waals surface area (Å²) in [5.74, 6) is -1.35. The average molecular weight is 447 g/mol. The molecule has 2 amide bonds. The number of ketones is 1. The average Bonchev–Trinajstić information content (AvgIpc) is 3.07. The van der Waals surface area contributed by atoms with Gasteiger partial charge in [0.15, 0.2) is 12.4 Å². The van der Waals surface area contributed by atoms with E-state index in [-0.39, 0.29) is 25.2 Å². The van der Waals surface area contributed by atoms with Gasteiger partial charge in [0, 0.05) is 21.7 Å². The van der Waals surface area contributed by atoms with Gasteiger partial charge < -0.3 is 20.1 Å². The van der Waals surface area contributed by atoms with Gasteiger partial charge in [-0.15, -0.1) is 11.3 Å². The monoisotopic (exact) mass is 446 g/mol. The van der Waals surface area contributed by atoms with Gasteiger partial charge in [-0.1, -0.05) is 6.07 Å². The summed E-state index contributed by atoms with van der Waals surface area (Å²) in [6.45, 7) is 4.84. The van der Waals surface area contributed by atoms with E-state index in [9.17, 15) is 19.2 Å². The lowest BCUT2D eigenvalue weighted by Gasteiger charge is -2.11. The van der Waals surface area contributed by atoms with Crippen molar-refractivity contribution in [1.29, 1.82) is 0 Å². The summed E-state index contributed by atoms with van der Waals surface area (Å²) in [5, 5.41) is 5.03. The Morgan fingerprint density at radius 2 is 1.74 bits per heavy atom. The Morgan fingerprint density at radius 3 is 2.39 bits per heavy atom. The van der Waals surface area contributed by atoms with E-state index in [1.807, 2.05) is 26.8 Å². The number of rotatable bonds is 10. The summed E-state index contributed by atoms with van der Waals surface area (Å²) in [5.41, 5.74) is 2.05. The standard InChI is InChI=1S/C22H26N2O6S/c1-13-5-7-19(29-4)17(9-13)24-20(26)11-23-21(27)12-30-22(28)8-6-18(25)16-10-14(2)31-15(16)3/h5,7,9-10H,6,8,11-12H2,1-4H3,(H,23,27)(H,24,26). The molecule has 2 N–H and O–H groups in total. The van der Waals surface area contributed by atoms with Crippen LogP contribution in [-0.4, -0.2) is 43.8 Å². The molecule has 0 radical (unpaired) electrons. The first-order chi connectivity index (χ1) is 14.7. The number of aryl methyl sites for hydroxylation is 3. The van der Waals surface area contributed by atoms with Crippen molar-refractivity contribution in [1.82, 2.24) is 5.32 Å². The summed E-state index contributed by atoms with van der Waals surface area (Å²) < 4.78 is 10.1. The molecule has 1 aromatic heterocycles. The lowest BCUT2D eigenvalue weighted by atomic mass is 10.1. The Hall–Kier alpha value is -3.20. The first kappa shape index (κ1) is 24.1. The number of thiophene rings is 1. The maximum atomic E-state index is 12.2.